The quantitative estimate of drug-likeness (QED) is 0.573. The second-order valence-electron chi connectivity index (χ2n) is 4.31. The van der Waals surface area contributed by atoms with E-state index >= 15 is 0 Å². The third-order valence-electron chi connectivity index (χ3n) is 3.55. The predicted molar refractivity (Wildman–Crippen MR) is 61.9 cm³/mol. The lowest BCUT2D eigenvalue weighted by atomic mass is 9.73. The molecule has 0 heteroatoms. The molecule has 0 spiro atoms. The van der Waals surface area contributed by atoms with Gasteiger partial charge in [-0.2, -0.15) is 0 Å². The van der Waals surface area contributed by atoms with Crippen molar-refractivity contribution in [3.8, 4) is 0 Å². The Bertz CT molecular complexity index is 103. The third-order valence-corrected chi connectivity index (χ3v) is 3.55. The zero-order chi connectivity index (χ0) is 10.3. The summed E-state index contributed by atoms with van der Waals surface area (Å²) in [7, 11) is 0. The van der Waals surface area contributed by atoms with E-state index in [1.54, 1.807) is 0 Å². The largest absolute Gasteiger partial charge is 0.0683 e. The summed E-state index contributed by atoms with van der Waals surface area (Å²) in [6.45, 7) is 11.2. The summed E-state index contributed by atoms with van der Waals surface area (Å²) in [6, 6.07) is 0. The fourth-order valence-corrected chi connectivity index (χ4v) is 2.49. The molecule has 3 atom stereocenters. The van der Waals surface area contributed by atoms with Gasteiger partial charge in [0.25, 0.3) is 0 Å². The average molecular weight is 184 g/mol. The minimum absolute atomic E-state index is 0.963. The number of hydrogen-bond acceptors (Lipinski definition) is 0. The second-order valence-corrected chi connectivity index (χ2v) is 4.31. The molecule has 0 aromatic rings. The van der Waals surface area contributed by atoms with Crippen LogP contribution < -0.4 is 0 Å². The van der Waals surface area contributed by atoms with Gasteiger partial charge in [-0.15, -0.1) is 0 Å². The number of rotatable bonds is 2. The molecular weight excluding hydrogens is 156 g/mol. The monoisotopic (exact) mass is 184 g/mol. The van der Waals surface area contributed by atoms with Crippen molar-refractivity contribution < 1.29 is 0 Å². The first-order chi connectivity index (χ1) is 6.25. The van der Waals surface area contributed by atoms with Gasteiger partial charge in [0.2, 0.25) is 0 Å². The first kappa shape index (κ1) is 13.0. The van der Waals surface area contributed by atoms with Crippen LogP contribution in [0, 0.1) is 17.8 Å². The summed E-state index contributed by atoms with van der Waals surface area (Å²) in [5, 5.41) is 0. The molecule has 80 valence electrons. The van der Waals surface area contributed by atoms with E-state index in [2.05, 4.69) is 20.8 Å². The van der Waals surface area contributed by atoms with Gasteiger partial charge in [-0.1, -0.05) is 60.3 Å². The Balaban J connectivity index is 0.000000671. The van der Waals surface area contributed by atoms with Crippen LogP contribution in [-0.4, -0.2) is 0 Å². The molecule has 1 aliphatic rings. The molecule has 13 heavy (non-hydrogen) atoms. The van der Waals surface area contributed by atoms with Crippen LogP contribution in [0.4, 0.5) is 0 Å². The zero-order valence-electron chi connectivity index (χ0n) is 10.3. The van der Waals surface area contributed by atoms with E-state index in [9.17, 15) is 0 Å². The van der Waals surface area contributed by atoms with Crippen LogP contribution >= 0.6 is 0 Å². The van der Waals surface area contributed by atoms with Crippen molar-refractivity contribution in [2.75, 3.05) is 0 Å². The van der Waals surface area contributed by atoms with Gasteiger partial charge in [-0.25, -0.2) is 0 Å². The van der Waals surface area contributed by atoms with Crippen LogP contribution in [0.3, 0.4) is 0 Å². The molecule has 0 radical (unpaired) electrons. The lowest BCUT2D eigenvalue weighted by Gasteiger charge is -2.33. The summed E-state index contributed by atoms with van der Waals surface area (Å²) in [4.78, 5) is 0. The van der Waals surface area contributed by atoms with E-state index in [1.807, 2.05) is 13.8 Å². The fourth-order valence-electron chi connectivity index (χ4n) is 2.49. The Labute approximate surface area is 85.1 Å². The van der Waals surface area contributed by atoms with Crippen LogP contribution in [0.1, 0.15) is 66.7 Å². The standard InChI is InChI=1S/C11H22.C2H6/c1-4-9(2)11-8-6-5-7-10(11)3;1-2/h9-11H,4-8H2,1-3H3;1-2H3. The Kier molecular flexibility index (Phi) is 7.41. The van der Waals surface area contributed by atoms with Gasteiger partial charge in [0.05, 0.1) is 0 Å². The van der Waals surface area contributed by atoms with E-state index in [-0.39, 0.29) is 0 Å². The maximum absolute atomic E-state index is 2.44. The molecule has 0 bridgehead atoms. The molecular formula is C13H28. The predicted octanol–water partition coefficient (Wildman–Crippen LogP) is 4.89. The van der Waals surface area contributed by atoms with Crippen LogP contribution in [0.2, 0.25) is 0 Å². The molecule has 0 N–H and O–H groups in total. The normalized spacial score (nSPS) is 30.2. The highest BCUT2D eigenvalue weighted by molar-refractivity contribution is 4.75. The summed E-state index contributed by atoms with van der Waals surface area (Å²) in [5.74, 6) is 3.00. The third kappa shape index (κ3) is 4.15. The molecule has 1 rings (SSSR count). The van der Waals surface area contributed by atoms with Crippen molar-refractivity contribution in [2.24, 2.45) is 17.8 Å². The van der Waals surface area contributed by atoms with E-state index < -0.39 is 0 Å². The summed E-state index contributed by atoms with van der Waals surface area (Å²) < 4.78 is 0. The van der Waals surface area contributed by atoms with Crippen molar-refractivity contribution in [3.63, 3.8) is 0 Å². The summed E-state index contributed by atoms with van der Waals surface area (Å²) in [5.41, 5.74) is 0. The molecule has 0 amide bonds. The van der Waals surface area contributed by atoms with Gasteiger partial charge in [-0.05, 0) is 24.2 Å². The molecule has 0 aromatic heterocycles. The van der Waals surface area contributed by atoms with Gasteiger partial charge >= 0.3 is 0 Å². The topological polar surface area (TPSA) is 0 Å². The van der Waals surface area contributed by atoms with Crippen molar-refractivity contribution in [2.45, 2.75) is 66.7 Å². The smallest absolute Gasteiger partial charge is 0.0363 e. The highest BCUT2D eigenvalue weighted by atomic mass is 14.3. The van der Waals surface area contributed by atoms with Gasteiger partial charge in [0.1, 0.15) is 0 Å². The van der Waals surface area contributed by atoms with Gasteiger partial charge in [0.15, 0.2) is 0 Å². The Morgan fingerprint density at radius 2 is 1.69 bits per heavy atom. The minimum atomic E-state index is 0.963. The van der Waals surface area contributed by atoms with E-state index in [1.165, 1.54) is 32.1 Å². The lowest BCUT2D eigenvalue weighted by Crippen LogP contribution is -2.22. The molecule has 0 aliphatic heterocycles. The molecule has 1 saturated carbocycles. The SMILES string of the molecule is CC.CCC(C)C1CCCCC1C. The van der Waals surface area contributed by atoms with Gasteiger partial charge in [-0.3, -0.25) is 0 Å². The average Bonchev–Trinajstić information content (AvgIpc) is 2.20. The second kappa shape index (κ2) is 7.41. The van der Waals surface area contributed by atoms with Crippen LogP contribution in [0.5, 0.6) is 0 Å². The molecule has 0 aromatic carbocycles. The van der Waals surface area contributed by atoms with E-state index in [0.717, 1.165) is 17.8 Å². The van der Waals surface area contributed by atoms with Crippen LogP contribution in [0.15, 0.2) is 0 Å². The molecule has 3 unspecified atom stereocenters. The van der Waals surface area contributed by atoms with Crippen LogP contribution in [0.25, 0.3) is 0 Å². The van der Waals surface area contributed by atoms with Gasteiger partial charge < -0.3 is 0 Å². The van der Waals surface area contributed by atoms with E-state index in [0.29, 0.717) is 0 Å². The van der Waals surface area contributed by atoms with E-state index in [4.69, 9.17) is 0 Å². The maximum Gasteiger partial charge on any atom is -0.0363 e. The highest BCUT2D eigenvalue weighted by Gasteiger charge is 2.24. The molecule has 1 fully saturated rings. The first-order valence-electron chi connectivity index (χ1n) is 6.25. The molecule has 0 saturated heterocycles. The fraction of sp³-hybridized carbons (Fsp3) is 1.00. The Morgan fingerprint density at radius 3 is 2.15 bits per heavy atom. The first-order valence-corrected chi connectivity index (χ1v) is 6.25. The van der Waals surface area contributed by atoms with Crippen molar-refractivity contribution >= 4 is 0 Å². The maximum atomic E-state index is 2.44. The lowest BCUT2D eigenvalue weighted by molar-refractivity contribution is 0.181. The molecule has 0 heterocycles. The highest BCUT2D eigenvalue weighted by Crippen LogP contribution is 2.35. The van der Waals surface area contributed by atoms with Crippen molar-refractivity contribution in [1.82, 2.24) is 0 Å². The molecule has 1 aliphatic carbocycles. The minimum Gasteiger partial charge on any atom is -0.0683 e. The number of hydrogen-bond donors (Lipinski definition) is 0. The van der Waals surface area contributed by atoms with Gasteiger partial charge in [0, 0.05) is 0 Å². The Morgan fingerprint density at radius 1 is 1.15 bits per heavy atom. The molecule has 0 nitrogen and oxygen atoms in total. The summed E-state index contributed by atoms with van der Waals surface area (Å²) in [6.07, 6.45) is 7.31. The summed E-state index contributed by atoms with van der Waals surface area (Å²) >= 11 is 0. The van der Waals surface area contributed by atoms with Crippen LogP contribution in [-0.2, 0) is 0 Å². The Hall–Kier alpha value is 0. The van der Waals surface area contributed by atoms with Crippen molar-refractivity contribution in [1.29, 1.82) is 0 Å². The zero-order valence-corrected chi connectivity index (χ0v) is 10.3. The van der Waals surface area contributed by atoms with Crippen molar-refractivity contribution in [3.05, 3.63) is 0 Å².